The molecule has 0 aliphatic carbocycles. The second-order valence-electron chi connectivity index (χ2n) is 19.6. The standard InChI is InChI=1S/C59H98N2.2CH3.Pd/c1-5-9-13-14-15-16-17-18-19-20-21-22-23-24-25-26-27-28-29-30-31-32-33-34-35-36-39-42-52-47-49-54(50-48-52)58-56(45-37-10-6-2)57(46-38-11-7-3)59(61(58)60)55-44-40-43-53(51-55)41-12-8-4;;;/h40,43-44,47-51H,5-39,41-42,45-46H2,1-4H3;2*1H3;. The summed E-state index contributed by atoms with van der Waals surface area (Å²) in [5.74, 6) is 0. The van der Waals surface area contributed by atoms with Crippen molar-refractivity contribution in [3.8, 4) is 0 Å². The monoisotopic (exact) mass is 971 g/mol. The fourth-order valence-corrected chi connectivity index (χ4v) is 9.79. The van der Waals surface area contributed by atoms with Crippen LogP contribution in [-0.4, -0.2) is 4.70 Å². The van der Waals surface area contributed by atoms with Crippen molar-refractivity contribution >= 4 is 11.4 Å². The van der Waals surface area contributed by atoms with Crippen LogP contribution in [0.5, 0.6) is 0 Å². The summed E-state index contributed by atoms with van der Waals surface area (Å²) in [7, 11) is 0. The molecule has 0 spiro atoms. The maximum atomic E-state index is 12.1. The normalized spacial score (nSPS) is 12.8. The summed E-state index contributed by atoms with van der Waals surface area (Å²) in [5.41, 5.74) is 22.0. The SMILES string of the molecule is CCCCCCCCCCCCCCCCCCCCCCCCCCCCCc1ccc(C2=C(CCCCC)C(CCCCC)=C(c3cccc(CCCC)c3)[N+]2=[N-])cc1.[CH3][Pd][CH3]. The number of benzene rings is 2. The van der Waals surface area contributed by atoms with Crippen LogP contribution in [0, 0.1) is 0 Å². The second kappa shape index (κ2) is 41.4. The molecule has 3 rings (SSSR count). The average molecular weight is 972 g/mol. The molecule has 2 aromatic rings. The molecule has 1 aliphatic heterocycles. The summed E-state index contributed by atoms with van der Waals surface area (Å²) in [6.07, 6.45) is 52.8. The zero-order valence-electron chi connectivity index (χ0n) is 43.4. The van der Waals surface area contributed by atoms with E-state index in [0.29, 0.717) is 0 Å². The Labute approximate surface area is 408 Å². The summed E-state index contributed by atoms with van der Waals surface area (Å²) in [6.45, 7) is 9.15. The van der Waals surface area contributed by atoms with Gasteiger partial charge in [0.1, 0.15) is 0 Å². The van der Waals surface area contributed by atoms with E-state index in [1.165, 1.54) is 247 Å². The van der Waals surface area contributed by atoms with Crippen molar-refractivity contribution in [3.63, 3.8) is 0 Å². The number of allylic oxidation sites excluding steroid dienone is 2. The van der Waals surface area contributed by atoms with Gasteiger partial charge in [0, 0.05) is 22.3 Å². The molecule has 0 saturated carbocycles. The molecule has 0 unspecified atom stereocenters. The van der Waals surface area contributed by atoms with Crippen LogP contribution in [0.4, 0.5) is 0 Å². The molecule has 0 saturated heterocycles. The van der Waals surface area contributed by atoms with Crippen molar-refractivity contribution in [1.29, 1.82) is 0 Å². The Hall–Kier alpha value is -1.82. The van der Waals surface area contributed by atoms with Crippen LogP contribution in [0.3, 0.4) is 0 Å². The van der Waals surface area contributed by atoms with Crippen molar-refractivity contribution in [2.24, 2.45) is 0 Å². The van der Waals surface area contributed by atoms with Gasteiger partial charge in [0.25, 0.3) is 0 Å². The van der Waals surface area contributed by atoms with E-state index in [2.05, 4.69) is 87.0 Å². The first-order valence-corrected chi connectivity index (χ1v) is 31.0. The van der Waals surface area contributed by atoms with Crippen LogP contribution in [0.2, 0.25) is 10.8 Å². The molecule has 64 heavy (non-hydrogen) atoms. The zero-order valence-corrected chi connectivity index (χ0v) is 45.0. The molecule has 0 bridgehead atoms. The summed E-state index contributed by atoms with van der Waals surface area (Å²) in [4.78, 5) is 0. The third-order valence-electron chi connectivity index (χ3n) is 13.7. The Morgan fingerprint density at radius 1 is 0.344 bits per heavy atom. The van der Waals surface area contributed by atoms with Gasteiger partial charge >= 0.3 is 28.8 Å². The van der Waals surface area contributed by atoms with Gasteiger partial charge in [-0.1, -0.05) is 251 Å². The first-order chi connectivity index (χ1) is 31.6. The van der Waals surface area contributed by atoms with Crippen LogP contribution in [0.1, 0.15) is 288 Å². The summed E-state index contributed by atoms with van der Waals surface area (Å²) < 4.78 is 1.58. The van der Waals surface area contributed by atoms with Gasteiger partial charge in [-0.15, -0.1) is 0 Å². The van der Waals surface area contributed by atoms with Crippen molar-refractivity contribution in [3.05, 3.63) is 87.5 Å². The first-order valence-electron chi connectivity index (χ1n) is 27.9. The van der Waals surface area contributed by atoms with E-state index in [0.717, 1.165) is 66.2 Å². The minimum absolute atomic E-state index is 0.950. The Kier molecular flexibility index (Phi) is 37.7. The summed E-state index contributed by atoms with van der Waals surface area (Å²) in [5, 5.41) is 4.35. The fourth-order valence-electron chi connectivity index (χ4n) is 9.79. The van der Waals surface area contributed by atoms with E-state index in [4.69, 9.17) is 0 Å². The van der Waals surface area contributed by atoms with Gasteiger partial charge in [-0.2, -0.15) is 0 Å². The van der Waals surface area contributed by atoms with Crippen LogP contribution >= 0.6 is 0 Å². The van der Waals surface area contributed by atoms with Crippen molar-refractivity contribution in [2.45, 2.75) is 289 Å². The zero-order chi connectivity index (χ0) is 46.1. The Morgan fingerprint density at radius 3 is 1.05 bits per heavy atom. The molecule has 2 aromatic carbocycles. The molecule has 0 amide bonds. The number of hydrogen-bond donors (Lipinski definition) is 0. The molecule has 0 fully saturated rings. The van der Waals surface area contributed by atoms with Crippen LogP contribution in [-0.2, 0) is 30.8 Å². The molecule has 2 nitrogen and oxygen atoms in total. The van der Waals surface area contributed by atoms with Gasteiger partial charge in [0.05, 0.1) is 0 Å². The van der Waals surface area contributed by atoms with Crippen molar-refractivity contribution in [1.82, 2.24) is 0 Å². The van der Waals surface area contributed by atoms with Gasteiger partial charge < -0.3 is 5.53 Å². The predicted octanol–water partition coefficient (Wildman–Crippen LogP) is 21.6. The van der Waals surface area contributed by atoms with Gasteiger partial charge in [-0.25, -0.2) is 4.70 Å². The van der Waals surface area contributed by atoms with Gasteiger partial charge in [-0.3, -0.25) is 0 Å². The average Bonchev–Trinajstić information content (AvgIpc) is 3.58. The molecule has 1 heterocycles. The number of aryl methyl sites for hydroxylation is 2. The van der Waals surface area contributed by atoms with Crippen LogP contribution < -0.4 is 0 Å². The van der Waals surface area contributed by atoms with Crippen LogP contribution in [0.15, 0.2) is 59.7 Å². The number of unbranched alkanes of at least 4 members (excludes halogenated alkanes) is 31. The van der Waals surface area contributed by atoms with E-state index >= 15 is 0 Å². The van der Waals surface area contributed by atoms with E-state index in [9.17, 15) is 5.53 Å². The number of hydrogen-bond acceptors (Lipinski definition) is 0. The molecule has 0 radical (unpaired) electrons. The topological polar surface area (TPSA) is 25.3 Å². The molecular formula is C61H104N2Pd. The maximum absolute atomic E-state index is 12.1. The Morgan fingerprint density at radius 2 is 0.656 bits per heavy atom. The van der Waals surface area contributed by atoms with Gasteiger partial charge in [0.15, 0.2) is 0 Å². The van der Waals surface area contributed by atoms with E-state index < -0.39 is 0 Å². The van der Waals surface area contributed by atoms with Gasteiger partial charge in [-0.05, 0) is 86.8 Å². The molecular weight excluding hydrogens is 867 g/mol. The Balaban J connectivity index is 0.00000456. The molecule has 0 atom stereocenters. The van der Waals surface area contributed by atoms with E-state index in [1.807, 2.05) is 0 Å². The third kappa shape index (κ3) is 26.5. The second-order valence-corrected chi connectivity index (χ2v) is 21.2. The quantitative estimate of drug-likeness (QED) is 0.0360. The summed E-state index contributed by atoms with van der Waals surface area (Å²) in [6, 6.07) is 18.3. The molecule has 368 valence electrons. The fraction of sp³-hybridized carbons (Fsp3) is 0.738. The van der Waals surface area contributed by atoms with E-state index in [1.54, 1.807) is 4.70 Å². The summed E-state index contributed by atoms with van der Waals surface area (Å²) >= 11 is 0.950. The minimum atomic E-state index is 0.950. The Bertz CT molecular complexity index is 1470. The molecule has 0 N–H and O–H groups in total. The molecule has 1 aliphatic rings. The van der Waals surface area contributed by atoms with Crippen molar-refractivity contribution < 1.29 is 22.7 Å². The van der Waals surface area contributed by atoms with Crippen molar-refractivity contribution in [2.75, 3.05) is 0 Å². The van der Waals surface area contributed by atoms with Crippen LogP contribution in [0.25, 0.3) is 16.9 Å². The molecule has 3 heteroatoms. The predicted molar refractivity (Wildman–Crippen MR) is 283 cm³/mol. The number of nitrogens with zero attached hydrogens (tertiary/aromatic N) is 2. The third-order valence-corrected chi connectivity index (χ3v) is 13.7. The van der Waals surface area contributed by atoms with Gasteiger partial charge in [0.2, 0.25) is 11.4 Å². The number of rotatable bonds is 41. The first kappa shape index (κ1) is 58.3. The molecule has 0 aromatic heterocycles. The van der Waals surface area contributed by atoms with E-state index in [-0.39, 0.29) is 0 Å².